The number of unbranched alkanes of at least 4 members (excludes halogenated alkanes) is 1. The number of halogens is 3. The number of hydrogen-bond donors (Lipinski definition) is 1. The number of benzene rings is 3. The second-order valence-corrected chi connectivity index (χ2v) is 11.0. The minimum Gasteiger partial charge on any atom is -0.354 e. The first-order valence-corrected chi connectivity index (χ1v) is 14.4. The molecular formula is C29H31Cl3N2O2S. The molecule has 3 rings (SSSR count). The molecule has 1 atom stereocenters. The molecule has 196 valence electrons. The molecule has 0 fully saturated rings. The van der Waals surface area contributed by atoms with E-state index in [9.17, 15) is 9.59 Å². The Kier molecular flexibility index (Phi) is 12.1. The van der Waals surface area contributed by atoms with Crippen LogP contribution in [0.5, 0.6) is 0 Å². The maximum atomic E-state index is 13.7. The highest BCUT2D eigenvalue weighted by atomic mass is 35.5. The largest absolute Gasteiger partial charge is 0.354 e. The summed E-state index contributed by atoms with van der Waals surface area (Å²) in [4.78, 5) is 29.8. The van der Waals surface area contributed by atoms with Crippen LogP contribution in [0, 0.1) is 0 Å². The van der Waals surface area contributed by atoms with Crippen molar-refractivity contribution in [2.75, 3.05) is 12.3 Å². The van der Waals surface area contributed by atoms with Crippen molar-refractivity contribution < 1.29 is 9.59 Å². The van der Waals surface area contributed by atoms with Crippen molar-refractivity contribution in [2.24, 2.45) is 0 Å². The van der Waals surface area contributed by atoms with Crippen LogP contribution in [0.15, 0.2) is 77.7 Å². The van der Waals surface area contributed by atoms with Crippen LogP contribution in [-0.2, 0) is 22.6 Å². The number of amides is 2. The van der Waals surface area contributed by atoms with Gasteiger partial charge in [0, 0.05) is 57.2 Å². The summed E-state index contributed by atoms with van der Waals surface area (Å²) in [5.74, 6) is 0.242. The lowest BCUT2D eigenvalue weighted by Gasteiger charge is -2.32. The van der Waals surface area contributed by atoms with E-state index in [1.807, 2.05) is 54.6 Å². The first-order valence-electron chi connectivity index (χ1n) is 12.3. The average molecular weight is 578 g/mol. The fourth-order valence-corrected chi connectivity index (χ4v) is 5.33. The van der Waals surface area contributed by atoms with Crippen LogP contribution >= 0.6 is 46.6 Å². The van der Waals surface area contributed by atoms with Gasteiger partial charge < -0.3 is 10.2 Å². The molecule has 0 unspecified atom stereocenters. The standard InChI is InChI=1S/C29H31Cl3N2O2S/c1-2-3-17-33-29(36)27(19-21-8-5-4-6-9-21)34(20-24-25(31)10-7-11-26(24)32)28(35)16-18-37-23-14-12-22(30)13-15-23/h4-15,27H,2-3,16-20H2,1H3,(H,33,36)/t27-/m0/s1. The molecule has 2 amide bonds. The minimum atomic E-state index is -0.709. The van der Waals surface area contributed by atoms with E-state index in [0.717, 1.165) is 23.3 Å². The number of carbonyl (C=O) groups excluding carboxylic acids is 2. The van der Waals surface area contributed by atoms with Gasteiger partial charge in [-0.1, -0.05) is 84.5 Å². The molecule has 0 aliphatic carbocycles. The molecule has 0 aromatic heterocycles. The molecule has 3 aromatic carbocycles. The van der Waals surface area contributed by atoms with E-state index in [4.69, 9.17) is 34.8 Å². The minimum absolute atomic E-state index is 0.135. The van der Waals surface area contributed by atoms with Gasteiger partial charge in [0.1, 0.15) is 6.04 Å². The summed E-state index contributed by atoms with van der Waals surface area (Å²) in [5.41, 5.74) is 1.60. The molecule has 0 aliphatic rings. The second-order valence-electron chi connectivity index (χ2n) is 8.62. The third-order valence-corrected chi connectivity index (χ3v) is 7.86. The summed E-state index contributed by atoms with van der Waals surface area (Å²) in [6.45, 7) is 2.77. The highest BCUT2D eigenvalue weighted by Crippen LogP contribution is 2.28. The van der Waals surface area contributed by atoms with Crippen LogP contribution in [0.2, 0.25) is 15.1 Å². The summed E-state index contributed by atoms with van der Waals surface area (Å²) in [6.07, 6.45) is 2.47. The van der Waals surface area contributed by atoms with Crippen LogP contribution in [-0.4, -0.2) is 35.1 Å². The van der Waals surface area contributed by atoms with Crippen LogP contribution in [0.25, 0.3) is 0 Å². The Morgan fingerprint density at radius 3 is 2.24 bits per heavy atom. The van der Waals surface area contributed by atoms with E-state index in [1.54, 1.807) is 34.9 Å². The van der Waals surface area contributed by atoms with Gasteiger partial charge in [-0.05, 0) is 48.4 Å². The Morgan fingerprint density at radius 2 is 1.59 bits per heavy atom. The quantitative estimate of drug-likeness (QED) is 0.167. The number of nitrogens with zero attached hydrogens (tertiary/aromatic N) is 1. The number of rotatable bonds is 13. The second kappa shape index (κ2) is 15.3. The van der Waals surface area contributed by atoms with Crippen molar-refractivity contribution >= 4 is 58.4 Å². The zero-order valence-electron chi connectivity index (χ0n) is 20.8. The molecule has 8 heteroatoms. The molecule has 1 N–H and O–H groups in total. The zero-order valence-corrected chi connectivity index (χ0v) is 23.8. The first-order chi connectivity index (χ1) is 17.9. The first kappa shape index (κ1) is 29.4. The predicted octanol–water partition coefficient (Wildman–Crippen LogP) is 7.69. The lowest BCUT2D eigenvalue weighted by molar-refractivity contribution is -0.141. The van der Waals surface area contributed by atoms with Crippen molar-refractivity contribution in [3.05, 3.63) is 99.0 Å². The van der Waals surface area contributed by atoms with Gasteiger partial charge in [0.25, 0.3) is 0 Å². The third kappa shape index (κ3) is 9.26. The Balaban J connectivity index is 1.87. The van der Waals surface area contributed by atoms with Crippen LogP contribution < -0.4 is 5.32 Å². The smallest absolute Gasteiger partial charge is 0.243 e. The predicted molar refractivity (Wildman–Crippen MR) is 156 cm³/mol. The maximum Gasteiger partial charge on any atom is 0.243 e. The Bertz CT molecular complexity index is 1140. The molecular weight excluding hydrogens is 547 g/mol. The van der Waals surface area contributed by atoms with Gasteiger partial charge in [0.05, 0.1) is 0 Å². The van der Waals surface area contributed by atoms with E-state index >= 15 is 0 Å². The number of hydrogen-bond acceptors (Lipinski definition) is 3. The van der Waals surface area contributed by atoms with Crippen LogP contribution in [0.3, 0.4) is 0 Å². The van der Waals surface area contributed by atoms with E-state index in [0.29, 0.717) is 39.3 Å². The normalized spacial score (nSPS) is 11.7. The summed E-state index contributed by atoms with van der Waals surface area (Å²) < 4.78 is 0. The monoisotopic (exact) mass is 576 g/mol. The van der Waals surface area contributed by atoms with Gasteiger partial charge in [-0.3, -0.25) is 9.59 Å². The summed E-state index contributed by atoms with van der Waals surface area (Å²) in [7, 11) is 0. The highest BCUT2D eigenvalue weighted by molar-refractivity contribution is 7.99. The van der Waals surface area contributed by atoms with Crippen molar-refractivity contribution in [3.63, 3.8) is 0 Å². The Labute approximate surface area is 238 Å². The van der Waals surface area contributed by atoms with Crippen molar-refractivity contribution in [1.29, 1.82) is 0 Å². The average Bonchev–Trinajstić information content (AvgIpc) is 2.89. The van der Waals surface area contributed by atoms with Crippen molar-refractivity contribution in [3.8, 4) is 0 Å². The van der Waals surface area contributed by atoms with Gasteiger partial charge in [0.2, 0.25) is 11.8 Å². The lowest BCUT2D eigenvalue weighted by Crippen LogP contribution is -2.50. The fraction of sp³-hybridized carbons (Fsp3) is 0.310. The van der Waals surface area contributed by atoms with Gasteiger partial charge in [-0.2, -0.15) is 0 Å². The molecule has 0 saturated carbocycles. The number of nitrogens with one attached hydrogen (secondary N) is 1. The number of carbonyl (C=O) groups is 2. The van der Waals surface area contributed by atoms with Gasteiger partial charge in [-0.15, -0.1) is 11.8 Å². The third-order valence-electron chi connectivity index (χ3n) is 5.89. The van der Waals surface area contributed by atoms with Gasteiger partial charge >= 0.3 is 0 Å². The highest BCUT2D eigenvalue weighted by Gasteiger charge is 2.31. The van der Waals surface area contributed by atoms with E-state index in [1.165, 1.54) is 0 Å². The summed E-state index contributed by atoms with van der Waals surface area (Å²) in [6, 6.07) is 21.8. The molecule has 4 nitrogen and oxygen atoms in total. The van der Waals surface area contributed by atoms with Crippen molar-refractivity contribution in [2.45, 2.75) is 50.1 Å². The Hall–Kier alpha value is -2.18. The Morgan fingerprint density at radius 1 is 0.919 bits per heavy atom. The summed E-state index contributed by atoms with van der Waals surface area (Å²) >= 11 is 20.5. The van der Waals surface area contributed by atoms with Crippen LogP contribution in [0.1, 0.15) is 37.3 Å². The van der Waals surface area contributed by atoms with Gasteiger partial charge in [-0.25, -0.2) is 0 Å². The fourth-order valence-electron chi connectivity index (χ4n) is 3.84. The SMILES string of the molecule is CCCCNC(=O)[C@H](Cc1ccccc1)N(Cc1c(Cl)cccc1Cl)C(=O)CCSc1ccc(Cl)cc1. The molecule has 37 heavy (non-hydrogen) atoms. The van der Waals surface area contributed by atoms with E-state index < -0.39 is 6.04 Å². The van der Waals surface area contributed by atoms with E-state index in [-0.39, 0.29) is 24.8 Å². The lowest BCUT2D eigenvalue weighted by atomic mass is 10.0. The van der Waals surface area contributed by atoms with Gasteiger partial charge in [0.15, 0.2) is 0 Å². The van der Waals surface area contributed by atoms with Crippen molar-refractivity contribution in [1.82, 2.24) is 10.2 Å². The molecule has 0 radical (unpaired) electrons. The molecule has 0 aliphatic heterocycles. The maximum absolute atomic E-state index is 13.7. The number of thioether (sulfide) groups is 1. The van der Waals surface area contributed by atoms with E-state index in [2.05, 4.69) is 12.2 Å². The molecule has 0 heterocycles. The zero-order chi connectivity index (χ0) is 26.6. The summed E-state index contributed by atoms with van der Waals surface area (Å²) in [5, 5.41) is 4.62. The molecule has 0 bridgehead atoms. The molecule has 0 spiro atoms. The topological polar surface area (TPSA) is 49.4 Å². The van der Waals surface area contributed by atoms with Crippen LogP contribution in [0.4, 0.5) is 0 Å². The molecule has 3 aromatic rings. The molecule has 0 saturated heterocycles.